The molecular formula is C10H11BrN4O2. The fraction of sp³-hybridized carbons (Fsp3) is 0.300. The molecule has 1 aromatic heterocycles. The van der Waals surface area contributed by atoms with E-state index in [1.807, 2.05) is 11.9 Å². The summed E-state index contributed by atoms with van der Waals surface area (Å²) in [6.07, 6.45) is 0. The number of H-pyrrole nitrogens is 1. The zero-order valence-electron chi connectivity index (χ0n) is 9.18. The summed E-state index contributed by atoms with van der Waals surface area (Å²) in [7, 11) is 1.91. The van der Waals surface area contributed by atoms with Gasteiger partial charge >= 0.3 is 0 Å². The molecule has 0 aliphatic rings. The van der Waals surface area contributed by atoms with Gasteiger partial charge in [-0.25, -0.2) is 4.98 Å². The predicted molar refractivity (Wildman–Crippen MR) is 69.8 cm³/mol. The van der Waals surface area contributed by atoms with E-state index in [-0.39, 0.29) is 5.69 Å². The third kappa shape index (κ3) is 2.38. The molecule has 90 valence electrons. The van der Waals surface area contributed by atoms with E-state index < -0.39 is 4.92 Å². The summed E-state index contributed by atoms with van der Waals surface area (Å²) in [5, 5.41) is 11.5. The van der Waals surface area contributed by atoms with Gasteiger partial charge in [0.15, 0.2) is 0 Å². The molecule has 0 aliphatic heterocycles. The highest BCUT2D eigenvalue weighted by atomic mass is 79.9. The van der Waals surface area contributed by atoms with Crippen LogP contribution in [-0.2, 0) is 0 Å². The second-order valence-corrected chi connectivity index (χ2v) is 4.42. The Morgan fingerprint density at radius 2 is 2.35 bits per heavy atom. The minimum Gasteiger partial charge on any atom is -0.345 e. The number of nitro benzene ring substituents is 1. The summed E-state index contributed by atoms with van der Waals surface area (Å²) in [6, 6.07) is 4.60. The van der Waals surface area contributed by atoms with Gasteiger partial charge < -0.3 is 9.88 Å². The lowest BCUT2D eigenvalue weighted by Gasteiger charge is -2.12. The lowest BCUT2D eigenvalue weighted by molar-refractivity contribution is -0.384. The minimum absolute atomic E-state index is 0.0656. The number of fused-ring (bicyclic) bond motifs is 1. The van der Waals surface area contributed by atoms with E-state index in [9.17, 15) is 10.1 Å². The summed E-state index contributed by atoms with van der Waals surface area (Å²) < 4.78 is 0. The standard InChI is InChI=1S/C10H11BrN4O2/c1-14(5-4-11)10-12-8-3-2-7(15(16)17)6-9(8)13-10/h2-3,6H,4-5H2,1H3,(H,12,13). The highest BCUT2D eigenvalue weighted by molar-refractivity contribution is 9.09. The molecule has 2 aromatic rings. The van der Waals surface area contributed by atoms with Crippen molar-refractivity contribution in [1.82, 2.24) is 9.97 Å². The Morgan fingerprint density at radius 3 is 3.00 bits per heavy atom. The van der Waals surface area contributed by atoms with Crippen LogP contribution < -0.4 is 4.90 Å². The number of hydrogen-bond donors (Lipinski definition) is 1. The van der Waals surface area contributed by atoms with Gasteiger partial charge in [0, 0.05) is 31.1 Å². The molecule has 0 saturated heterocycles. The second kappa shape index (κ2) is 4.70. The first-order chi connectivity index (χ1) is 8.11. The molecule has 0 spiro atoms. The van der Waals surface area contributed by atoms with Gasteiger partial charge in [-0.2, -0.15) is 0 Å². The van der Waals surface area contributed by atoms with Gasteiger partial charge in [-0.15, -0.1) is 0 Å². The minimum atomic E-state index is -0.415. The molecule has 6 nitrogen and oxygen atoms in total. The number of nitrogens with zero attached hydrogens (tertiary/aromatic N) is 3. The predicted octanol–water partition coefficient (Wildman–Crippen LogP) is 2.30. The molecule has 1 N–H and O–H groups in total. The topological polar surface area (TPSA) is 75.1 Å². The summed E-state index contributed by atoms with van der Waals surface area (Å²) >= 11 is 3.35. The Bertz CT molecular complexity index is 554. The van der Waals surface area contributed by atoms with Crippen molar-refractivity contribution in [1.29, 1.82) is 0 Å². The van der Waals surface area contributed by atoms with Crippen molar-refractivity contribution >= 4 is 38.6 Å². The molecule has 0 aliphatic carbocycles. The van der Waals surface area contributed by atoms with E-state index in [0.29, 0.717) is 11.5 Å². The summed E-state index contributed by atoms with van der Waals surface area (Å²) in [5.41, 5.74) is 1.47. The summed E-state index contributed by atoms with van der Waals surface area (Å²) in [6.45, 7) is 0.807. The molecule has 0 saturated carbocycles. The van der Waals surface area contributed by atoms with Gasteiger partial charge in [-0.3, -0.25) is 10.1 Å². The first-order valence-electron chi connectivity index (χ1n) is 5.03. The lowest BCUT2D eigenvalue weighted by atomic mass is 10.3. The van der Waals surface area contributed by atoms with Crippen LogP contribution in [0.25, 0.3) is 11.0 Å². The fourth-order valence-electron chi connectivity index (χ4n) is 1.51. The fourth-order valence-corrected chi connectivity index (χ4v) is 2.04. The van der Waals surface area contributed by atoms with Crippen molar-refractivity contribution in [3.8, 4) is 0 Å². The number of aromatic amines is 1. The molecule has 1 aromatic carbocycles. The van der Waals surface area contributed by atoms with Crippen LogP contribution in [0.3, 0.4) is 0 Å². The van der Waals surface area contributed by atoms with Crippen LogP contribution in [0.4, 0.5) is 11.6 Å². The third-order valence-corrected chi connectivity index (χ3v) is 2.80. The molecule has 0 bridgehead atoms. The van der Waals surface area contributed by atoms with Gasteiger partial charge in [0.05, 0.1) is 16.0 Å². The number of nitro groups is 1. The number of alkyl halides is 1. The molecule has 2 rings (SSSR count). The Morgan fingerprint density at radius 1 is 1.59 bits per heavy atom. The Kier molecular flexibility index (Phi) is 3.28. The number of nitrogens with one attached hydrogen (secondary N) is 1. The number of benzene rings is 1. The number of non-ortho nitro benzene ring substituents is 1. The average molecular weight is 299 g/mol. The highest BCUT2D eigenvalue weighted by Crippen LogP contribution is 2.21. The maximum Gasteiger partial charge on any atom is 0.271 e. The maximum atomic E-state index is 10.6. The lowest BCUT2D eigenvalue weighted by Crippen LogP contribution is -2.20. The van der Waals surface area contributed by atoms with Crippen LogP contribution >= 0.6 is 15.9 Å². The normalized spacial score (nSPS) is 10.7. The van der Waals surface area contributed by atoms with Crippen LogP contribution in [0.1, 0.15) is 0 Å². The Balaban J connectivity index is 2.40. The quantitative estimate of drug-likeness (QED) is 0.534. The number of rotatable bonds is 4. The number of aromatic nitrogens is 2. The number of halogens is 1. The van der Waals surface area contributed by atoms with Crippen molar-refractivity contribution in [2.75, 3.05) is 23.8 Å². The van der Waals surface area contributed by atoms with Crippen molar-refractivity contribution in [3.63, 3.8) is 0 Å². The molecule has 0 radical (unpaired) electrons. The monoisotopic (exact) mass is 298 g/mol. The van der Waals surface area contributed by atoms with Gasteiger partial charge in [0.2, 0.25) is 5.95 Å². The van der Waals surface area contributed by atoms with Crippen LogP contribution in [-0.4, -0.2) is 33.8 Å². The van der Waals surface area contributed by atoms with Crippen molar-refractivity contribution in [2.45, 2.75) is 0 Å². The Hall–Kier alpha value is -1.63. The van der Waals surface area contributed by atoms with Crippen molar-refractivity contribution in [2.24, 2.45) is 0 Å². The van der Waals surface area contributed by atoms with E-state index in [1.54, 1.807) is 6.07 Å². The van der Waals surface area contributed by atoms with Crippen LogP contribution in [0.15, 0.2) is 18.2 Å². The first-order valence-corrected chi connectivity index (χ1v) is 6.15. The molecule has 17 heavy (non-hydrogen) atoms. The van der Waals surface area contributed by atoms with E-state index in [2.05, 4.69) is 25.9 Å². The van der Waals surface area contributed by atoms with Crippen molar-refractivity contribution < 1.29 is 4.92 Å². The molecule has 0 fully saturated rings. The molecule has 1 heterocycles. The van der Waals surface area contributed by atoms with Gasteiger partial charge in [0.1, 0.15) is 0 Å². The van der Waals surface area contributed by atoms with E-state index >= 15 is 0 Å². The van der Waals surface area contributed by atoms with Gasteiger partial charge in [-0.1, -0.05) is 15.9 Å². The van der Waals surface area contributed by atoms with E-state index in [0.717, 1.165) is 17.4 Å². The molecule has 0 atom stereocenters. The van der Waals surface area contributed by atoms with Gasteiger partial charge in [-0.05, 0) is 6.07 Å². The van der Waals surface area contributed by atoms with Crippen LogP contribution in [0.5, 0.6) is 0 Å². The van der Waals surface area contributed by atoms with E-state index in [4.69, 9.17) is 0 Å². The zero-order valence-corrected chi connectivity index (χ0v) is 10.8. The van der Waals surface area contributed by atoms with Crippen LogP contribution in [0.2, 0.25) is 0 Å². The van der Waals surface area contributed by atoms with E-state index in [1.165, 1.54) is 12.1 Å². The molecule has 7 heteroatoms. The summed E-state index contributed by atoms with van der Waals surface area (Å²) in [4.78, 5) is 19.6. The largest absolute Gasteiger partial charge is 0.345 e. The second-order valence-electron chi connectivity index (χ2n) is 3.63. The SMILES string of the molecule is CN(CCBr)c1nc2ccc([N+](=O)[O-])cc2[nH]1. The number of imidazole rings is 1. The van der Waals surface area contributed by atoms with Crippen molar-refractivity contribution in [3.05, 3.63) is 28.3 Å². The summed E-state index contributed by atoms with van der Waals surface area (Å²) in [5.74, 6) is 0.708. The molecule has 0 unspecified atom stereocenters. The van der Waals surface area contributed by atoms with Crippen LogP contribution in [0, 0.1) is 10.1 Å². The number of anilines is 1. The third-order valence-electron chi connectivity index (χ3n) is 2.45. The maximum absolute atomic E-state index is 10.6. The first kappa shape index (κ1) is 11.8. The average Bonchev–Trinajstić information content (AvgIpc) is 2.71. The highest BCUT2D eigenvalue weighted by Gasteiger charge is 2.11. The van der Waals surface area contributed by atoms with Gasteiger partial charge in [0.25, 0.3) is 5.69 Å². The number of hydrogen-bond acceptors (Lipinski definition) is 4. The smallest absolute Gasteiger partial charge is 0.271 e. The zero-order chi connectivity index (χ0) is 12.4. The Labute approximate surface area is 106 Å². The molecule has 0 amide bonds. The molecular weight excluding hydrogens is 288 g/mol.